The van der Waals surface area contributed by atoms with Crippen LogP contribution in [0.3, 0.4) is 0 Å². The molecule has 3 rings (SSSR count). The van der Waals surface area contributed by atoms with E-state index in [1.807, 2.05) is 0 Å². The minimum Gasteiger partial charge on any atom is -0.347 e. The highest BCUT2D eigenvalue weighted by molar-refractivity contribution is 6.18. The van der Waals surface area contributed by atoms with Crippen LogP contribution in [-0.4, -0.2) is 48.9 Å². The van der Waals surface area contributed by atoms with E-state index in [2.05, 4.69) is 4.90 Å². The van der Waals surface area contributed by atoms with Gasteiger partial charge in [0.05, 0.1) is 18.6 Å². The predicted octanol–water partition coefficient (Wildman–Crippen LogP) is 1.06. The van der Waals surface area contributed by atoms with Gasteiger partial charge in [-0.05, 0) is 13.0 Å². The summed E-state index contributed by atoms with van der Waals surface area (Å²) < 4.78 is 11.9. The van der Waals surface area contributed by atoms with Crippen molar-refractivity contribution in [1.29, 1.82) is 0 Å². The summed E-state index contributed by atoms with van der Waals surface area (Å²) in [6.45, 7) is 4.16. The Balaban J connectivity index is 1.77. The highest BCUT2D eigenvalue weighted by atomic mass is 35.5. The van der Waals surface area contributed by atoms with E-state index >= 15 is 0 Å². The molecule has 3 nitrogen and oxygen atoms in total. The van der Waals surface area contributed by atoms with Crippen molar-refractivity contribution >= 4 is 11.6 Å². The summed E-state index contributed by atoms with van der Waals surface area (Å²) in [4.78, 5) is 2.50. The first kappa shape index (κ1) is 9.40. The van der Waals surface area contributed by atoms with Gasteiger partial charge in [0.2, 0.25) is 0 Å². The van der Waals surface area contributed by atoms with E-state index in [9.17, 15) is 0 Å². The summed E-state index contributed by atoms with van der Waals surface area (Å²) in [7, 11) is 0. The van der Waals surface area contributed by atoms with E-state index in [1.54, 1.807) is 0 Å². The normalized spacial score (nSPS) is 51.6. The lowest BCUT2D eigenvalue weighted by Gasteiger charge is -2.38. The van der Waals surface area contributed by atoms with Gasteiger partial charge in [0.25, 0.3) is 0 Å². The lowest BCUT2D eigenvalue weighted by Crippen LogP contribution is -2.47. The molecule has 3 aliphatic heterocycles. The summed E-state index contributed by atoms with van der Waals surface area (Å²) >= 11 is 5.80. The number of fused-ring (bicyclic) bond motifs is 3. The molecule has 0 amide bonds. The molecule has 3 heterocycles. The second kappa shape index (κ2) is 3.34. The molecule has 0 aromatic carbocycles. The molecule has 0 N–H and O–H groups in total. The van der Waals surface area contributed by atoms with Crippen LogP contribution in [0.4, 0.5) is 0 Å². The maximum Gasteiger partial charge on any atom is 0.174 e. The van der Waals surface area contributed by atoms with E-state index in [1.165, 1.54) is 13.0 Å². The summed E-state index contributed by atoms with van der Waals surface area (Å²) in [5.41, 5.74) is 0. The van der Waals surface area contributed by atoms with Gasteiger partial charge in [0.1, 0.15) is 0 Å². The lowest BCUT2D eigenvalue weighted by atomic mass is 9.93. The quantitative estimate of drug-likeness (QED) is 0.614. The molecule has 1 spiro atoms. The molecule has 4 atom stereocenters. The standard InChI is InChI=1S/C10H16ClNO2/c11-5-9-7-13-10(14-9)2-4-12-3-1-8(10)6-12/h8-9H,1-7H2. The van der Waals surface area contributed by atoms with Crippen molar-refractivity contribution in [3.8, 4) is 0 Å². The largest absolute Gasteiger partial charge is 0.347 e. The Bertz CT molecular complexity index is 238. The minimum atomic E-state index is -0.271. The molecule has 3 saturated heterocycles. The van der Waals surface area contributed by atoms with E-state index < -0.39 is 0 Å². The Morgan fingerprint density at radius 2 is 2.36 bits per heavy atom. The maximum atomic E-state index is 5.99. The Morgan fingerprint density at radius 3 is 3.14 bits per heavy atom. The van der Waals surface area contributed by atoms with Crippen LogP contribution < -0.4 is 0 Å². The molecule has 0 aromatic rings. The number of hydrogen-bond acceptors (Lipinski definition) is 3. The molecule has 0 aromatic heterocycles. The van der Waals surface area contributed by atoms with Crippen molar-refractivity contribution in [1.82, 2.24) is 4.90 Å². The van der Waals surface area contributed by atoms with Crippen LogP contribution in [0.15, 0.2) is 0 Å². The molecule has 3 fully saturated rings. The summed E-state index contributed by atoms with van der Waals surface area (Å²) in [6, 6.07) is 0. The summed E-state index contributed by atoms with van der Waals surface area (Å²) in [6.07, 6.45) is 2.35. The zero-order valence-electron chi connectivity index (χ0n) is 8.25. The van der Waals surface area contributed by atoms with Gasteiger partial charge in [-0.15, -0.1) is 11.6 Å². The monoisotopic (exact) mass is 217 g/mol. The van der Waals surface area contributed by atoms with Crippen LogP contribution in [0.5, 0.6) is 0 Å². The average molecular weight is 218 g/mol. The van der Waals surface area contributed by atoms with Crippen molar-refractivity contribution in [2.75, 3.05) is 32.1 Å². The highest BCUT2D eigenvalue weighted by Gasteiger charge is 2.52. The third-order valence-electron chi connectivity index (χ3n) is 3.72. The van der Waals surface area contributed by atoms with Gasteiger partial charge in [0, 0.05) is 25.4 Å². The molecule has 0 radical (unpaired) electrons. The summed E-state index contributed by atoms with van der Waals surface area (Å²) in [5, 5.41) is 0. The predicted molar refractivity (Wildman–Crippen MR) is 53.4 cm³/mol. The SMILES string of the molecule is ClCC1COC2(CCN3CCC2C3)O1. The van der Waals surface area contributed by atoms with Gasteiger partial charge in [-0.1, -0.05) is 0 Å². The fourth-order valence-electron chi connectivity index (χ4n) is 2.92. The van der Waals surface area contributed by atoms with Crippen molar-refractivity contribution in [3.05, 3.63) is 0 Å². The molecule has 4 unspecified atom stereocenters. The van der Waals surface area contributed by atoms with Gasteiger partial charge >= 0.3 is 0 Å². The molecular formula is C10H16ClNO2. The number of ether oxygens (including phenoxy) is 2. The third-order valence-corrected chi connectivity index (χ3v) is 4.07. The Kier molecular flexibility index (Phi) is 2.24. The Morgan fingerprint density at radius 1 is 1.43 bits per heavy atom. The number of halogens is 1. The fourth-order valence-corrected chi connectivity index (χ4v) is 3.07. The zero-order chi connectivity index (χ0) is 9.60. The number of nitrogens with zero attached hydrogens (tertiary/aromatic N) is 1. The van der Waals surface area contributed by atoms with Gasteiger partial charge < -0.3 is 14.4 Å². The second-order valence-electron chi connectivity index (χ2n) is 4.55. The molecule has 80 valence electrons. The maximum absolute atomic E-state index is 5.99. The minimum absolute atomic E-state index is 0.115. The van der Waals surface area contributed by atoms with Crippen molar-refractivity contribution in [2.24, 2.45) is 5.92 Å². The third kappa shape index (κ3) is 1.30. The van der Waals surface area contributed by atoms with E-state index in [0.717, 1.165) is 19.5 Å². The fraction of sp³-hybridized carbons (Fsp3) is 1.00. The van der Waals surface area contributed by atoms with Crippen LogP contribution in [0, 0.1) is 5.92 Å². The first-order valence-electron chi connectivity index (χ1n) is 5.42. The molecule has 3 aliphatic rings. The van der Waals surface area contributed by atoms with Crippen LogP contribution >= 0.6 is 11.6 Å². The molecular weight excluding hydrogens is 202 g/mol. The second-order valence-corrected chi connectivity index (χ2v) is 4.86. The van der Waals surface area contributed by atoms with Crippen LogP contribution in [0.25, 0.3) is 0 Å². The molecule has 14 heavy (non-hydrogen) atoms. The smallest absolute Gasteiger partial charge is 0.174 e. The number of alkyl halides is 1. The van der Waals surface area contributed by atoms with Crippen LogP contribution in [0.2, 0.25) is 0 Å². The van der Waals surface area contributed by atoms with Crippen molar-refractivity contribution in [2.45, 2.75) is 24.7 Å². The van der Waals surface area contributed by atoms with Gasteiger partial charge in [0.15, 0.2) is 5.79 Å². The number of rotatable bonds is 1. The molecule has 0 aliphatic carbocycles. The average Bonchev–Trinajstić information content (AvgIpc) is 2.77. The summed E-state index contributed by atoms with van der Waals surface area (Å²) in [5.74, 6) is 0.856. The Labute approximate surface area is 89.3 Å². The molecule has 0 saturated carbocycles. The first-order valence-corrected chi connectivity index (χ1v) is 5.96. The number of piperidine rings is 1. The van der Waals surface area contributed by atoms with E-state index in [-0.39, 0.29) is 11.9 Å². The van der Waals surface area contributed by atoms with Crippen molar-refractivity contribution < 1.29 is 9.47 Å². The zero-order valence-corrected chi connectivity index (χ0v) is 9.00. The molecule has 4 heteroatoms. The molecule has 2 bridgehead atoms. The lowest BCUT2D eigenvalue weighted by molar-refractivity contribution is -0.215. The van der Waals surface area contributed by atoms with Crippen LogP contribution in [-0.2, 0) is 9.47 Å². The van der Waals surface area contributed by atoms with E-state index in [4.69, 9.17) is 21.1 Å². The van der Waals surface area contributed by atoms with Crippen LogP contribution in [0.1, 0.15) is 12.8 Å². The Hall–Kier alpha value is 0.170. The first-order chi connectivity index (χ1) is 6.82. The topological polar surface area (TPSA) is 21.7 Å². The van der Waals surface area contributed by atoms with Crippen molar-refractivity contribution in [3.63, 3.8) is 0 Å². The highest BCUT2D eigenvalue weighted by Crippen LogP contribution is 2.43. The van der Waals surface area contributed by atoms with Gasteiger partial charge in [-0.25, -0.2) is 0 Å². The number of hydrogen-bond donors (Lipinski definition) is 0. The van der Waals surface area contributed by atoms with E-state index in [0.29, 0.717) is 18.4 Å². The van der Waals surface area contributed by atoms with Gasteiger partial charge in [-0.3, -0.25) is 0 Å². The van der Waals surface area contributed by atoms with Gasteiger partial charge in [-0.2, -0.15) is 0 Å².